The third-order valence-electron chi connectivity index (χ3n) is 3.21. The molecule has 0 saturated carbocycles. The van der Waals surface area contributed by atoms with Gasteiger partial charge in [-0.15, -0.1) is 0 Å². The third-order valence-corrected chi connectivity index (χ3v) is 5.86. The Labute approximate surface area is 135 Å². The number of hydrogen-bond acceptors (Lipinski definition) is 6. The van der Waals surface area contributed by atoms with Crippen LogP contribution in [0.4, 0.5) is 0 Å². The van der Waals surface area contributed by atoms with Crippen molar-refractivity contribution in [3.05, 3.63) is 47.3 Å². The summed E-state index contributed by atoms with van der Waals surface area (Å²) in [6.07, 6.45) is 1.06. The van der Waals surface area contributed by atoms with E-state index in [1.165, 1.54) is 13.8 Å². The summed E-state index contributed by atoms with van der Waals surface area (Å²) in [4.78, 5) is -0.0630. The van der Waals surface area contributed by atoms with Crippen LogP contribution in [0.15, 0.2) is 39.8 Å². The van der Waals surface area contributed by atoms with E-state index >= 15 is 0 Å². The highest BCUT2D eigenvalue weighted by Crippen LogP contribution is 2.23. The van der Waals surface area contributed by atoms with Crippen LogP contribution in [0.1, 0.15) is 23.1 Å². The number of sulfone groups is 1. The van der Waals surface area contributed by atoms with Crippen LogP contribution in [0, 0.1) is 13.8 Å². The molecule has 1 N–H and O–H groups in total. The van der Waals surface area contributed by atoms with Crippen molar-refractivity contribution in [3.8, 4) is 0 Å². The summed E-state index contributed by atoms with van der Waals surface area (Å²) in [7, 11) is -7.37. The summed E-state index contributed by atoms with van der Waals surface area (Å²) in [6.45, 7) is 3.00. The maximum atomic E-state index is 12.6. The normalized spacial score (nSPS) is 13.9. The Kier molecular flexibility index (Phi) is 4.92. The van der Waals surface area contributed by atoms with Crippen LogP contribution in [0.2, 0.25) is 0 Å². The number of nitrogens with zero attached hydrogens (tertiary/aromatic N) is 1. The van der Waals surface area contributed by atoms with Crippen molar-refractivity contribution in [3.63, 3.8) is 0 Å². The van der Waals surface area contributed by atoms with Crippen LogP contribution in [-0.2, 0) is 19.9 Å². The largest absolute Gasteiger partial charge is 0.360 e. The van der Waals surface area contributed by atoms with Crippen molar-refractivity contribution in [2.45, 2.75) is 24.8 Å². The highest BCUT2D eigenvalue weighted by molar-refractivity contribution is 7.91. The molecule has 0 aliphatic carbocycles. The lowest BCUT2D eigenvalue weighted by atomic mass is 10.1. The first-order valence-corrected chi connectivity index (χ1v) is 10.3. The Bertz CT molecular complexity index is 867. The van der Waals surface area contributed by atoms with E-state index in [2.05, 4.69) is 9.88 Å². The van der Waals surface area contributed by atoms with E-state index in [1.807, 2.05) is 0 Å². The zero-order chi connectivity index (χ0) is 17.3. The van der Waals surface area contributed by atoms with Crippen molar-refractivity contribution >= 4 is 19.9 Å². The van der Waals surface area contributed by atoms with E-state index in [4.69, 9.17) is 4.52 Å². The van der Waals surface area contributed by atoms with Crippen LogP contribution in [0.5, 0.6) is 0 Å². The summed E-state index contributed by atoms with van der Waals surface area (Å²) < 4.78 is 55.8. The number of aryl methyl sites for hydroxylation is 2. The molecule has 9 heteroatoms. The highest BCUT2D eigenvalue weighted by Gasteiger charge is 2.29. The summed E-state index contributed by atoms with van der Waals surface area (Å²) in [5, 5.41) is 3.62. The number of sulfonamides is 1. The summed E-state index contributed by atoms with van der Waals surface area (Å²) in [6, 6.07) is 7.65. The maximum Gasteiger partial charge on any atom is 0.246 e. The van der Waals surface area contributed by atoms with Gasteiger partial charge in [0.2, 0.25) is 10.0 Å². The molecule has 2 rings (SSSR count). The second kappa shape index (κ2) is 6.42. The van der Waals surface area contributed by atoms with Crippen LogP contribution in [-0.4, -0.2) is 34.0 Å². The fraction of sp³-hybridized carbons (Fsp3) is 0.357. The fourth-order valence-corrected chi connectivity index (χ4v) is 4.83. The molecule has 0 amide bonds. The maximum absolute atomic E-state index is 12.6. The molecule has 0 saturated heterocycles. The fourth-order valence-electron chi connectivity index (χ4n) is 2.29. The Morgan fingerprint density at radius 3 is 2.22 bits per heavy atom. The van der Waals surface area contributed by atoms with Gasteiger partial charge in [-0.2, -0.15) is 0 Å². The molecule has 0 radical (unpaired) electrons. The molecule has 1 aromatic heterocycles. The number of aromatic nitrogens is 1. The zero-order valence-corrected chi connectivity index (χ0v) is 14.6. The summed E-state index contributed by atoms with van der Waals surface area (Å²) >= 11 is 0. The molecule has 0 spiro atoms. The van der Waals surface area contributed by atoms with Crippen LogP contribution in [0.25, 0.3) is 0 Å². The molecule has 0 aliphatic rings. The molecule has 1 atom stereocenters. The third kappa shape index (κ3) is 4.40. The SMILES string of the molecule is Cc1noc(C)c1S(=O)(=O)N[C@H](CS(C)(=O)=O)c1ccccc1. The molecule has 1 aromatic carbocycles. The first-order valence-electron chi connectivity index (χ1n) is 6.78. The van der Waals surface area contributed by atoms with Crippen molar-refractivity contribution in [2.24, 2.45) is 0 Å². The first kappa shape index (κ1) is 17.6. The molecule has 0 bridgehead atoms. The van der Waals surface area contributed by atoms with Gasteiger partial charge in [0.1, 0.15) is 20.4 Å². The lowest BCUT2D eigenvalue weighted by molar-refractivity contribution is 0.390. The molecule has 7 nitrogen and oxygen atoms in total. The standard InChI is InChI=1S/C14H18N2O5S2/c1-10-14(11(2)21-15-10)23(19,20)16-13(9-22(3,17)18)12-7-5-4-6-8-12/h4-8,13,16H,9H2,1-3H3/t13-/m1/s1. The molecule has 2 aromatic rings. The molecular weight excluding hydrogens is 340 g/mol. The summed E-state index contributed by atoms with van der Waals surface area (Å²) in [5.74, 6) is -0.194. The average Bonchev–Trinajstić information content (AvgIpc) is 2.77. The van der Waals surface area contributed by atoms with E-state index in [9.17, 15) is 16.8 Å². The topological polar surface area (TPSA) is 106 Å². The van der Waals surface area contributed by atoms with Crippen molar-refractivity contribution < 1.29 is 21.4 Å². The average molecular weight is 358 g/mol. The lowest BCUT2D eigenvalue weighted by Crippen LogP contribution is -2.33. The van der Waals surface area contributed by atoms with E-state index in [0.29, 0.717) is 5.56 Å². The van der Waals surface area contributed by atoms with Gasteiger partial charge in [0.25, 0.3) is 0 Å². The minimum Gasteiger partial charge on any atom is -0.360 e. The van der Waals surface area contributed by atoms with E-state index < -0.39 is 25.9 Å². The van der Waals surface area contributed by atoms with E-state index in [-0.39, 0.29) is 22.1 Å². The van der Waals surface area contributed by atoms with Gasteiger partial charge >= 0.3 is 0 Å². The van der Waals surface area contributed by atoms with Gasteiger partial charge in [0, 0.05) is 6.26 Å². The van der Waals surface area contributed by atoms with Gasteiger partial charge < -0.3 is 4.52 Å². The van der Waals surface area contributed by atoms with Gasteiger partial charge in [-0.1, -0.05) is 35.5 Å². The number of nitrogens with one attached hydrogen (secondary N) is 1. The first-order chi connectivity index (χ1) is 10.6. The molecule has 0 aliphatic heterocycles. The van der Waals surface area contributed by atoms with Crippen molar-refractivity contribution in [1.82, 2.24) is 9.88 Å². The highest BCUT2D eigenvalue weighted by atomic mass is 32.2. The minimum absolute atomic E-state index is 0.0630. The van der Waals surface area contributed by atoms with Crippen LogP contribution in [0.3, 0.4) is 0 Å². The second-order valence-electron chi connectivity index (χ2n) is 5.33. The minimum atomic E-state index is -3.97. The molecule has 126 valence electrons. The molecule has 0 unspecified atom stereocenters. The number of hydrogen-bond donors (Lipinski definition) is 1. The Balaban J connectivity index is 2.42. The van der Waals surface area contributed by atoms with Crippen molar-refractivity contribution in [2.75, 3.05) is 12.0 Å². The quantitative estimate of drug-likeness (QED) is 0.835. The predicted octanol–water partition coefficient (Wildman–Crippen LogP) is 1.36. The summed E-state index contributed by atoms with van der Waals surface area (Å²) in [5.41, 5.74) is 0.787. The van der Waals surface area contributed by atoms with Gasteiger partial charge in [-0.05, 0) is 19.4 Å². The van der Waals surface area contributed by atoms with E-state index in [0.717, 1.165) is 6.26 Å². The number of rotatable bonds is 6. The van der Waals surface area contributed by atoms with Gasteiger partial charge in [-0.3, -0.25) is 0 Å². The molecular formula is C14H18N2O5S2. The predicted molar refractivity (Wildman–Crippen MR) is 85.2 cm³/mol. The molecule has 23 heavy (non-hydrogen) atoms. The Hall–Kier alpha value is -1.71. The van der Waals surface area contributed by atoms with Crippen molar-refractivity contribution in [1.29, 1.82) is 0 Å². The number of benzene rings is 1. The zero-order valence-electron chi connectivity index (χ0n) is 13.0. The van der Waals surface area contributed by atoms with Crippen LogP contribution >= 0.6 is 0 Å². The lowest BCUT2D eigenvalue weighted by Gasteiger charge is -2.18. The monoisotopic (exact) mass is 358 g/mol. The molecule has 0 fully saturated rings. The van der Waals surface area contributed by atoms with Gasteiger partial charge in [0.15, 0.2) is 5.76 Å². The van der Waals surface area contributed by atoms with Crippen LogP contribution < -0.4 is 4.72 Å². The van der Waals surface area contributed by atoms with Gasteiger partial charge in [-0.25, -0.2) is 21.6 Å². The second-order valence-corrected chi connectivity index (χ2v) is 9.17. The van der Waals surface area contributed by atoms with Gasteiger partial charge in [0.05, 0.1) is 11.8 Å². The smallest absolute Gasteiger partial charge is 0.246 e. The Morgan fingerprint density at radius 1 is 1.13 bits per heavy atom. The van der Waals surface area contributed by atoms with E-state index in [1.54, 1.807) is 30.3 Å². The molecule has 1 heterocycles. The Morgan fingerprint density at radius 2 is 1.74 bits per heavy atom.